The zero-order chi connectivity index (χ0) is 7.82. The minimum atomic E-state index is 0.608. The van der Waals surface area contributed by atoms with Gasteiger partial charge in [0.15, 0.2) is 0 Å². The standard InChI is InChI=1S/C8H20N2/c1-4-5-6-10-8(2)7-9-3/h8-10H,4-7H2,1-3H3. The van der Waals surface area contributed by atoms with E-state index in [0.717, 1.165) is 13.1 Å². The van der Waals surface area contributed by atoms with Crippen molar-refractivity contribution in [2.24, 2.45) is 0 Å². The number of likely N-dealkylation sites (N-methyl/N-ethyl adjacent to an activating group) is 1. The first-order chi connectivity index (χ1) is 4.81. The first-order valence-corrected chi connectivity index (χ1v) is 4.19. The second-order valence-corrected chi connectivity index (χ2v) is 2.77. The van der Waals surface area contributed by atoms with Gasteiger partial charge in [0.05, 0.1) is 0 Å². The molecule has 0 saturated heterocycles. The van der Waals surface area contributed by atoms with Gasteiger partial charge in [0.2, 0.25) is 0 Å². The first kappa shape index (κ1) is 9.92. The van der Waals surface area contributed by atoms with Crippen LogP contribution in [0.2, 0.25) is 0 Å². The highest BCUT2D eigenvalue weighted by Crippen LogP contribution is 1.84. The number of nitrogens with one attached hydrogen (secondary N) is 2. The lowest BCUT2D eigenvalue weighted by molar-refractivity contribution is 0.513. The molecule has 0 fully saturated rings. The zero-order valence-electron chi connectivity index (χ0n) is 7.41. The summed E-state index contributed by atoms with van der Waals surface area (Å²) in [5.74, 6) is 0. The van der Waals surface area contributed by atoms with E-state index >= 15 is 0 Å². The quantitative estimate of drug-likeness (QED) is 0.543. The second kappa shape index (κ2) is 7.03. The van der Waals surface area contributed by atoms with E-state index in [4.69, 9.17) is 0 Å². The molecule has 0 aliphatic carbocycles. The average Bonchev–Trinajstić information content (AvgIpc) is 1.89. The summed E-state index contributed by atoms with van der Waals surface area (Å²) in [5, 5.41) is 6.55. The molecule has 0 rings (SSSR count). The van der Waals surface area contributed by atoms with Gasteiger partial charge in [-0.25, -0.2) is 0 Å². The van der Waals surface area contributed by atoms with Gasteiger partial charge < -0.3 is 10.6 Å². The van der Waals surface area contributed by atoms with Crippen molar-refractivity contribution >= 4 is 0 Å². The van der Waals surface area contributed by atoms with Crippen molar-refractivity contribution in [3.63, 3.8) is 0 Å². The van der Waals surface area contributed by atoms with E-state index in [-0.39, 0.29) is 0 Å². The molecule has 0 aliphatic rings. The Hall–Kier alpha value is -0.0800. The Morgan fingerprint density at radius 2 is 2.10 bits per heavy atom. The van der Waals surface area contributed by atoms with Crippen LogP contribution in [-0.2, 0) is 0 Å². The van der Waals surface area contributed by atoms with Crippen LogP contribution in [0.15, 0.2) is 0 Å². The SMILES string of the molecule is CCCCNC(C)CNC. The normalized spacial score (nSPS) is 13.5. The van der Waals surface area contributed by atoms with Crippen LogP contribution < -0.4 is 10.6 Å². The van der Waals surface area contributed by atoms with Crippen LogP contribution in [-0.4, -0.2) is 26.2 Å². The minimum Gasteiger partial charge on any atom is -0.318 e. The predicted molar refractivity (Wildman–Crippen MR) is 46.3 cm³/mol. The third-order valence-corrected chi connectivity index (χ3v) is 1.53. The summed E-state index contributed by atoms with van der Waals surface area (Å²) >= 11 is 0. The molecule has 0 aromatic carbocycles. The predicted octanol–water partition coefficient (Wildman–Crippen LogP) is 0.984. The molecule has 2 heteroatoms. The van der Waals surface area contributed by atoms with Crippen LogP contribution >= 0.6 is 0 Å². The van der Waals surface area contributed by atoms with Crippen LogP contribution in [0.5, 0.6) is 0 Å². The average molecular weight is 144 g/mol. The van der Waals surface area contributed by atoms with Crippen molar-refractivity contribution in [3.8, 4) is 0 Å². The summed E-state index contributed by atoms with van der Waals surface area (Å²) in [4.78, 5) is 0. The molecule has 0 heterocycles. The Labute approximate surface area is 64.4 Å². The Balaban J connectivity index is 2.97. The summed E-state index contributed by atoms with van der Waals surface area (Å²) in [6.07, 6.45) is 2.56. The summed E-state index contributed by atoms with van der Waals surface area (Å²) in [6.45, 7) is 6.62. The maximum atomic E-state index is 3.42. The molecule has 2 nitrogen and oxygen atoms in total. The Morgan fingerprint density at radius 3 is 2.60 bits per heavy atom. The van der Waals surface area contributed by atoms with Gasteiger partial charge in [-0.15, -0.1) is 0 Å². The molecule has 0 aromatic heterocycles. The maximum absolute atomic E-state index is 3.42. The summed E-state index contributed by atoms with van der Waals surface area (Å²) in [7, 11) is 1.98. The third-order valence-electron chi connectivity index (χ3n) is 1.53. The highest BCUT2D eigenvalue weighted by Gasteiger charge is 1.95. The molecule has 0 spiro atoms. The van der Waals surface area contributed by atoms with Crippen molar-refractivity contribution in [1.82, 2.24) is 10.6 Å². The van der Waals surface area contributed by atoms with Gasteiger partial charge in [0.25, 0.3) is 0 Å². The van der Waals surface area contributed by atoms with E-state index in [1.807, 2.05) is 7.05 Å². The molecule has 0 amide bonds. The topological polar surface area (TPSA) is 24.1 Å². The molecule has 1 atom stereocenters. The van der Waals surface area contributed by atoms with E-state index in [1.165, 1.54) is 12.8 Å². The highest BCUT2D eigenvalue weighted by molar-refractivity contribution is 4.61. The lowest BCUT2D eigenvalue weighted by Gasteiger charge is -2.11. The second-order valence-electron chi connectivity index (χ2n) is 2.77. The fourth-order valence-electron chi connectivity index (χ4n) is 0.904. The lowest BCUT2D eigenvalue weighted by atomic mass is 10.3. The van der Waals surface area contributed by atoms with Gasteiger partial charge in [-0.3, -0.25) is 0 Å². The Kier molecular flexibility index (Phi) is 6.98. The molecular weight excluding hydrogens is 124 g/mol. The van der Waals surface area contributed by atoms with Crippen LogP contribution in [0.3, 0.4) is 0 Å². The van der Waals surface area contributed by atoms with Gasteiger partial charge in [0.1, 0.15) is 0 Å². The number of unbranched alkanes of at least 4 members (excludes halogenated alkanes) is 1. The van der Waals surface area contributed by atoms with E-state index in [2.05, 4.69) is 24.5 Å². The van der Waals surface area contributed by atoms with E-state index in [0.29, 0.717) is 6.04 Å². The van der Waals surface area contributed by atoms with Gasteiger partial charge in [-0.05, 0) is 26.9 Å². The van der Waals surface area contributed by atoms with Gasteiger partial charge in [-0.2, -0.15) is 0 Å². The van der Waals surface area contributed by atoms with E-state index < -0.39 is 0 Å². The largest absolute Gasteiger partial charge is 0.318 e. The molecule has 2 N–H and O–H groups in total. The minimum absolute atomic E-state index is 0.608. The Morgan fingerprint density at radius 1 is 1.40 bits per heavy atom. The van der Waals surface area contributed by atoms with Crippen molar-refractivity contribution in [2.75, 3.05) is 20.1 Å². The number of hydrogen-bond acceptors (Lipinski definition) is 2. The van der Waals surface area contributed by atoms with Crippen molar-refractivity contribution < 1.29 is 0 Å². The van der Waals surface area contributed by atoms with Crippen LogP contribution in [0, 0.1) is 0 Å². The fourth-order valence-corrected chi connectivity index (χ4v) is 0.904. The fraction of sp³-hybridized carbons (Fsp3) is 1.00. The summed E-state index contributed by atoms with van der Waals surface area (Å²) in [6, 6.07) is 0.608. The van der Waals surface area contributed by atoms with Gasteiger partial charge in [-0.1, -0.05) is 13.3 Å². The molecule has 10 heavy (non-hydrogen) atoms. The van der Waals surface area contributed by atoms with E-state index in [1.54, 1.807) is 0 Å². The molecule has 0 aliphatic heterocycles. The lowest BCUT2D eigenvalue weighted by Crippen LogP contribution is -2.35. The molecule has 0 bridgehead atoms. The van der Waals surface area contributed by atoms with Crippen molar-refractivity contribution in [1.29, 1.82) is 0 Å². The van der Waals surface area contributed by atoms with Crippen LogP contribution in [0.1, 0.15) is 26.7 Å². The van der Waals surface area contributed by atoms with E-state index in [9.17, 15) is 0 Å². The highest BCUT2D eigenvalue weighted by atomic mass is 15.0. The molecule has 1 unspecified atom stereocenters. The zero-order valence-corrected chi connectivity index (χ0v) is 7.41. The molecule has 62 valence electrons. The summed E-state index contributed by atoms with van der Waals surface area (Å²) < 4.78 is 0. The Bertz CT molecular complexity index is 64.3. The molecule has 0 saturated carbocycles. The smallest absolute Gasteiger partial charge is 0.0164 e. The van der Waals surface area contributed by atoms with Crippen LogP contribution in [0.25, 0.3) is 0 Å². The summed E-state index contributed by atoms with van der Waals surface area (Å²) in [5.41, 5.74) is 0. The molecule has 0 aromatic rings. The number of rotatable bonds is 6. The monoisotopic (exact) mass is 144 g/mol. The first-order valence-electron chi connectivity index (χ1n) is 4.19. The van der Waals surface area contributed by atoms with Gasteiger partial charge >= 0.3 is 0 Å². The maximum Gasteiger partial charge on any atom is 0.0164 e. The van der Waals surface area contributed by atoms with Gasteiger partial charge in [0, 0.05) is 12.6 Å². The molecular formula is C8H20N2. The van der Waals surface area contributed by atoms with Crippen molar-refractivity contribution in [2.45, 2.75) is 32.7 Å². The molecule has 0 radical (unpaired) electrons. The number of hydrogen-bond donors (Lipinski definition) is 2. The van der Waals surface area contributed by atoms with Crippen molar-refractivity contribution in [3.05, 3.63) is 0 Å². The third kappa shape index (κ3) is 6.05. The van der Waals surface area contributed by atoms with Crippen LogP contribution in [0.4, 0.5) is 0 Å².